The van der Waals surface area contributed by atoms with E-state index in [1.54, 1.807) is 24.3 Å². The van der Waals surface area contributed by atoms with E-state index in [0.29, 0.717) is 24.3 Å². The second-order valence-electron chi connectivity index (χ2n) is 6.38. The van der Waals surface area contributed by atoms with Gasteiger partial charge in [-0.05, 0) is 38.1 Å². The fourth-order valence-electron chi connectivity index (χ4n) is 2.94. The van der Waals surface area contributed by atoms with E-state index >= 15 is 0 Å². The number of hydrogen-bond donors (Lipinski definition) is 1. The SMILES string of the molecule is CC(=O)c1cccc(NC(=O)N2CCN(c3ccc(C)cc3)CC2)c1. The van der Waals surface area contributed by atoms with Gasteiger partial charge in [-0.25, -0.2) is 4.79 Å². The average molecular weight is 337 g/mol. The van der Waals surface area contributed by atoms with E-state index in [9.17, 15) is 9.59 Å². The zero-order chi connectivity index (χ0) is 17.8. The first-order valence-electron chi connectivity index (χ1n) is 8.51. The van der Waals surface area contributed by atoms with Crippen LogP contribution in [-0.4, -0.2) is 42.9 Å². The van der Waals surface area contributed by atoms with Crippen molar-refractivity contribution in [2.45, 2.75) is 13.8 Å². The van der Waals surface area contributed by atoms with E-state index in [1.807, 2.05) is 4.90 Å². The lowest BCUT2D eigenvalue weighted by molar-refractivity contribution is 0.101. The first-order chi connectivity index (χ1) is 12.0. The highest BCUT2D eigenvalue weighted by Gasteiger charge is 2.21. The van der Waals surface area contributed by atoms with Crippen LogP contribution >= 0.6 is 0 Å². The molecule has 1 saturated heterocycles. The van der Waals surface area contributed by atoms with Crippen LogP contribution in [0.15, 0.2) is 48.5 Å². The van der Waals surface area contributed by atoms with Crippen molar-refractivity contribution < 1.29 is 9.59 Å². The zero-order valence-electron chi connectivity index (χ0n) is 14.7. The van der Waals surface area contributed by atoms with Crippen molar-refractivity contribution >= 4 is 23.2 Å². The molecule has 0 unspecified atom stereocenters. The van der Waals surface area contributed by atoms with E-state index in [1.165, 1.54) is 18.2 Å². The number of ketones is 1. The van der Waals surface area contributed by atoms with Crippen LogP contribution < -0.4 is 10.2 Å². The maximum absolute atomic E-state index is 12.4. The Labute approximate surface area is 148 Å². The number of carbonyl (C=O) groups excluding carboxylic acids is 2. The largest absolute Gasteiger partial charge is 0.368 e. The minimum absolute atomic E-state index is 0.0113. The number of Topliss-reactive ketones (excluding diaryl/α,β-unsaturated/α-hetero) is 1. The van der Waals surface area contributed by atoms with Gasteiger partial charge in [0.1, 0.15) is 0 Å². The molecule has 1 aliphatic heterocycles. The molecule has 0 atom stereocenters. The van der Waals surface area contributed by atoms with Crippen molar-refractivity contribution in [3.05, 3.63) is 59.7 Å². The van der Waals surface area contributed by atoms with E-state index in [2.05, 4.69) is 41.4 Å². The summed E-state index contributed by atoms with van der Waals surface area (Å²) >= 11 is 0. The predicted molar refractivity (Wildman–Crippen MR) is 100 cm³/mol. The highest BCUT2D eigenvalue weighted by molar-refractivity contribution is 5.96. The number of anilines is 2. The Bertz CT molecular complexity index is 763. The molecule has 0 bridgehead atoms. The van der Waals surface area contributed by atoms with Gasteiger partial charge in [-0.1, -0.05) is 29.8 Å². The average Bonchev–Trinajstić information content (AvgIpc) is 2.63. The van der Waals surface area contributed by atoms with Crippen LogP contribution in [-0.2, 0) is 0 Å². The monoisotopic (exact) mass is 337 g/mol. The Kier molecular flexibility index (Phi) is 5.03. The molecule has 0 saturated carbocycles. The van der Waals surface area contributed by atoms with Crippen LogP contribution in [0, 0.1) is 6.92 Å². The van der Waals surface area contributed by atoms with Crippen molar-refractivity contribution in [2.75, 3.05) is 36.4 Å². The molecule has 0 radical (unpaired) electrons. The number of nitrogens with one attached hydrogen (secondary N) is 1. The van der Waals surface area contributed by atoms with Crippen LogP contribution in [0.2, 0.25) is 0 Å². The molecule has 1 fully saturated rings. The van der Waals surface area contributed by atoms with Gasteiger partial charge >= 0.3 is 6.03 Å². The van der Waals surface area contributed by atoms with Crippen LogP contribution in [0.4, 0.5) is 16.2 Å². The lowest BCUT2D eigenvalue weighted by atomic mass is 10.1. The zero-order valence-corrected chi connectivity index (χ0v) is 14.7. The summed E-state index contributed by atoms with van der Waals surface area (Å²) in [6.45, 7) is 6.56. The normalized spacial score (nSPS) is 14.3. The first-order valence-corrected chi connectivity index (χ1v) is 8.51. The van der Waals surface area contributed by atoms with Crippen molar-refractivity contribution in [3.63, 3.8) is 0 Å². The summed E-state index contributed by atoms with van der Waals surface area (Å²) in [6.07, 6.45) is 0. The van der Waals surface area contributed by atoms with Crippen molar-refractivity contribution in [3.8, 4) is 0 Å². The molecule has 5 nitrogen and oxygen atoms in total. The van der Waals surface area contributed by atoms with Gasteiger partial charge in [-0.15, -0.1) is 0 Å². The van der Waals surface area contributed by atoms with E-state index in [4.69, 9.17) is 0 Å². The fourth-order valence-corrected chi connectivity index (χ4v) is 2.94. The van der Waals surface area contributed by atoms with Crippen LogP contribution in [0.5, 0.6) is 0 Å². The fraction of sp³-hybridized carbons (Fsp3) is 0.300. The summed E-state index contributed by atoms with van der Waals surface area (Å²) in [5, 5.41) is 2.89. The summed E-state index contributed by atoms with van der Waals surface area (Å²) in [5.74, 6) is -0.0113. The Morgan fingerprint density at radius 3 is 2.28 bits per heavy atom. The van der Waals surface area contributed by atoms with Gasteiger partial charge in [0.2, 0.25) is 0 Å². The number of carbonyl (C=O) groups is 2. The molecule has 2 aromatic carbocycles. The van der Waals surface area contributed by atoms with Gasteiger partial charge in [0, 0.05) is 43.1 Å². The molecule has 1 N–H and O–H groups in total. The third-order valence-electron chi connectivity index (χ3n) is 4.49. The third kappa shape index (κ3) is 4.18. The summed E-state index contributed by atoms with van der Waals surface area (Å²) < 4.78 is 0. The first kappa shape index (κ1) is 17.0. The minimum atomic E-state index is -0.121. The number of amides is 2. The lowest BCUT2D eigenvalue weighted by Gasteiger charge is -2.36. The highest BCUT2D eigenvalue weighted by Crippen LogP contribution is 2.18. The van der Waals surface area contributed by atoms with Crippen LogP contribution in [0.1, 0.15) is 22.8 Å². The van der Waals surface area contributed by atoms with Gasteiger partial charge in [0.25, 0.3) is 0 Å². The van der Waals surface area contributed by atoms with Crippen LogP contribution in [0.25, 0.3) is 0 Å². The summed E-state index contributed by atoms with van der Waals surface area (Å²) in [7, 11) is 0. The molecule has 1 aliphatic rings. The number of piperazine rings is 1. The molecule has 0 aliphatic carbocycles. The maximum Gasteiger partial charge on any atom is 0.321 e. The Morgan fingerprint density at radius 2 is 1.64 bits per heavy atom. The van der Waals surface area contributed by atoms with Crippen molar-refractivity contribution in [2.24, 2.45) is 0 Å². The van der Waals surface area contributed by atoms with Crippen molar-refractivity contribution in [1.29, 1.82) is 0 Å². The molecule has 25 heavy (non-hydrogen) atoms. The molecule has 130 valence electrons. The van der Waals surface area contributed by atoms with Gasteiger partial charge < -0.3 is 15.1 Å². The summed E-state index contributed by atoms with van der Waals surface area (Å²) in [5.41, 5.74) is 3.69. The molecular formula is C20H23N3O2. The lowest BCUT2D eigenvalue weighted by Crippen LogP contribution is -2.50. The summed E-state index contributed by atoms with van der Waals surface area (Å²) in [6, 6.07) is 15.4. The molecule has 0 spiro atoms. The Hall–Kier alpha value is -2.82. The molecule has 5 heteroatoms. The molecule has 3 rings (SSSR count). The quantitative estimate of drug-likeness (QED) is 0.872. The van der Waals surface area contributed by atoms with Gasteiger partial charge in [-0.2, -0.15) is 0 Å². The molecule has 1 heterocycles. The second kappa shape index (κ2) is 7.38. The van der Waals surface area contributed by atoms with E-state index in [-0.39, 0.29) is 11.8 Å². The van der Waals surface area contributed by atoms with Gasteiger partial charge in [0.05, 0.1) is 0 Å². The number of urea groups is 1. The Balaban J connectivity index is 1.57. The number of nitrogens with zero attached hydrogens (tertiary/aromatic N) is 2. The number of rotatable bonds is 3. The van der Waals surface area contributed by atoms with Crippen LogP contribution in [0.3, 0.4) is 0 Å². The minimum Gasteiger partial charge on any atom is -0.368 e. The molecule has 2 amide bonds. The topological polar surface area (TPSA) is 52.7 Å². The molecular weight excluding hydrogens is 314 g/mol. The van der Waals surface area contributed by atoms with Gasteiger partial charge in [-0.3, -0.25) is 4.79 Å². The molecule has 2 aromatic rings. The smallest absolute Gasteiger partial charge is 0.321 e. The number of aryl methyl sites for hydroxylation is 1. The van der Waals surface area contributed by atoms with Crippen molar-refractivity contribution in [1.82, 2.24) is 4.90 Å². The highest BCUT2D eigenvalue weighted by atomic mass is 16.2. The van der Waals surface area contributed by atoms with Gasteiger partial charge in [0.15, 0.2) is 5.78 Å². The predicted octanol–water partition coefficient (Wildman–Crippen LogP) is 3.55. The Morgan fingerprint density at radius 1 is 0.960 bits per heavy atom. The summed E-state index contributed by atoms with van der Waals surface area (Å²) in [4.78, 5) is 28.0. The number of benzene rings is 2. The van der Waals surface area contributed by atoms with E-state index < -0.39 is 0 Å². The molecule has 0 aromatic heterocycles. The van der Waals surface area contributed by atoms with E-state index in [0.717, 1.165) is 13.1 Å². The number of hydrogen-bond acceptors (Lipinski definition) is 3. The maximum atomic E-state index is 12.4. The standard InChI is InChI=1S/C20H23N3O2/c1-15-6-8-19(9-7-15)22-10-12-23(13-11-22)20(25)21-18-5-3-4-17(14-18)16(2)24/h3-9,14H,10-13H2,1-2H3,(H,21,25). The third-order valence-corrected chi connectivity index (χ3v) is 4.49. The second-order valence-corrected chi connectivity index (χ2v) is 6.38.